The van der Waals surface area contributed by atoms with E-state index in [1.807, 2.05) is 18.7 Å². The van der Waals surface area contributed by atoms with Gasteiger partial charge in [-0.15, -0.1) is 0 Å². The van der Waals surface area contributed by atoms with Gasteiger partial charge in [-0.3, -0.25) is 14.5 Å². The molecule has 5 heteroatoms. The van der Waals surface area contributed by atoms with E-state index >= 15 is 0 Å². The highest BCUT2D eigenvalue weighted by Gasteiger charge is 2.66. The highest BCUT2D eigenvalue weighted by Crippen LogP contribution is 2.59. The van der Waals surface area contributed by atoms with E-state index in [-0.39, 0.29) is 17.4 Å². The maximum Gasteiger partial charge on any atom is 0.307 e. The van der Waals surface area contributed by atoms with Crippen LogP contribution in [-0.4, -0.2) is 58.5 Å². The van der Waals surface area contributed by atoms with Crippen LogP contribution < -0.4 is 0 Å². The fourth-order valence-electron chi connectivity index (χ4n) is 3.35. The number of carboxylic acid groups (broad SMARTS) is 1. The lowest BCUT2D eigenvalue weighted by Crippen LogP contribution is -2.55. The van der Waals surface area contributed by atoms with Crippen molar-refractivity contribution in [3.8, 4) is 0 Å². The molecule has 1 saturated heterocycles. The minimum atomic E-state index is -0.846. The van der Waals surface area contributed by atoms with Gasteiger partial charge in [0.25, 0.3) is 0 Å². The normalized spacial score (nSPS) is 30.1. The maximum atomic E-state index is 12.5. The molecule has 1 N–H and O–H groups in total. The van der Waals surface area contributed by atoms with Gasteiger partial charge in [0.15, 0.2) is 0 Å². The Bertz CT molecular complexity index is 417. The van der Waals surface area contributed by atoms with Crippen molar-refractivity contribution in [2.75, 3.05) is 26.2 Å². The van der Waals surface area contributed by atoms with Gasteiger partial charge in [0.05, 0.1) is 11.8 Å². The first kappa shape index (κ1) is 15.3. The van der Waals surface area contributed by atoms with Crippen LogP contribution in [0.3, 0.4) is 0 Å². The van der Waals surface area contributed by atoms with Crippen molar-refractivity contribution in [3.63, 3.8) is 0 Å². The fraction of sp³-hybridized carbons (Fsp3) is 0.867. The summed E-state index contributed by atoms with van der Waals surface area (Å²) < 4.78 is 0. The summed E-state index contributed by atoms with van der Waals surface area (Å²) in [6, 6.07) is 0. The van der Waals surface area contributed by atoms with Crippen molar-refractivity contribution < 1.29 is 14.7 Å². The minimum Gasteiger partial charge on any atom is -0.481 e. The molecule has 2 aliphatic rings. The Morgan fingerprint density at radius 2 is 1.55 bits per heavy atom. The predicted molar refractivity (Wildman–Crippen MR) is 76.3 cm³/mol. The van der Waals surface area contributed by atoms with Crippen LogP contribution in [0, 0.1) is 17.3 Å². The Kier molecular flexibility index (Phi) is 3.61. The molecule has 0 aromatic heterocycles. The van der Waals surface area contributed by atoms with Crippen LogP contribution in [0.5, 0.6) is 0 Å². The van der Waals surface area contributed by atoms with Gasteiger partial charge in [-0.2, -0.15) is 0 Å². The minimum absolute atomic E-state index is 0.0240. The highest BCUT2D eigenvalue weighted by atomic mass is 16.4. The molecule has 2 atom stereocenters. The van der Waals surface area contributed by atoms with Crippen LogP contribution in [0.25, 0.3) is 0 Å². The number of carbonyl (C=O) groups is 2. The van der Waals surface area contributed by atoms with Crippen molar-refractivity contribution in [2.45, 2.75) is 40.2 Å². The molecule has 1 heterocycles. The lowest BCUT2D eigenvalue weighted by atomic mass is 10.0. The van der Waals surface area contributed by atoms with Crippen LogP contribution in [0.1, 0.15) is 34.6 Å². The SMILES string of the molecule is CC1(C)C(C(=O)O)C1C(=O)N1CCN(C(C)(C)C)CC1. The monoisotopic (exact) mass is 282 g/mol. The number of hydrogen-bond donors (Lipinski definition) is 1. The standard InChI is InChI=1S/C15H26N2O3/c1-14(2,3)17-8-6-16(7-9-17)12(18)10-11(13(19)20)15(10,4)5/h10-11H,6-9H2,1-5H3,(H,19,20). The number of hydrogen-bond acceptors (Lipinski definition) is 3. The van der Waals surface area contributed by atoms with Crippen LogP contribution >= 0.6 is 0 Å². The van der Waals surface area contributed by atoms with Crippen LogP contribution in [0.2, 0.25) is 0 Å². The van der Waals surface area contributed by atoms with Crippen molar-refractivity contribution in [2.24, 2.45) is 17.3 Å². The molecule has 0 bridgehead atoms. The summed E-state index contributed by atoms with van der Waals surface area (Å²) >= 11 is 0. The third-order valence-corrected chi connectivity index (χ3v) is 4.90. The lowest BCUT2D eigenvalue weighted by Gasteiger charge is -2.42. The number of nitrogens with zero attached hydrogens (tertiary/aromatic N) is 2. The van der Waals surface area contributed by atoms with Gasteiger partial charge in [-0.1, -0.05) is 13.8 Å². The Hall–Kier alpha value is -1.10. The summed E-state index contributed by atoms with van der Waals surface area (Å²) in [6.45, 7) is 13.4. The topological polar surface area (TPSA) is 60.9 Å². The van der Waals surface area contributed by atoms with Gasteiger partial charge < -0.3 is 10.0 Å². The number of aliphatic carboxylic acids is 1. The molecule has 1 amide bonds. The van der Waals surface area contributed by atoms with E-state index in [2.05, 4.69) is 25.7 Å². The second-order valence-corrected chi connectivity index (χ2v) is 7.60. The number of rotatable bonds is 2. The van der Waals surface area contributed by atoms with E-state index in [0.29, 0.717) is 13.1 Å². The first-order chi connectivity index (χ1) is 9.06. The zero-order chi connectivity index (χ0) is 15.3. The Morgan fingerprint density at radius 3 is 1.90 bits per heavy atom. The van der Waals surface area contributed by atoms with E-state index < -0.39 is 17.3 Å². The molecule has 0 aromatic carbocycles. The zero-order valence-corrected chi connectivity index (χ0v) is 13.1. The van der Waals surface area contributed by atoms with Crippen molar-refractivity contribution in [1.29, 1.82) is 0 Å². The van der Waals surface area contributed by atoms with Crippen molar-refractivity contribution >= 4 is 11.9 Å². The molecule has 0 spiro atoms. The van der Waals surface area contributed by atoms with Crippen LogP contribution in [-0.2, 0) is 9.59 Å². The van der Waals surface area contributed by atoms with Crippen LogP contribution in [0.4, 0.5) is 0 Å². The summed E-state index contributed by atoms with van der Waals surface area (Å²) in [7, 11) is 0. The van der Waals surface area contributed by atoms with E-state index in [1.165, 1.54) is 0 Å². The van der Waals surface area contributed by atoms with E-state index in [0.717, 1.165) is 13.1 Å². The zero-order valence-electron chi connectivity index (χ0n) is 13.1. The summed E-state index contributed by atoms with van der Waals surface area (Å²) in [5.74, 6) is -1.69. The molecule has 2 unspecified atom stereocenters. The molecule has 1 aliphatic carbocycles. The van der Waals surface area contributed by atoms with Crippen LogP contribution in [0.15, 0.2) is 0 Å². The molecular weight excluding hydrogens is 256 g/mol. The quantitative estimate of drug-likeness (QED) is 0.829. The molecule has 0 radical (unpaired) electrons. The molecular formula is C15H26N2O3. The third-order valence-electron chi connectivity index (χ3n) is 4.90. The summed E-state index contributed by atoms with van der Waals surface area (Å²) in [4.78, 5) is 27.9. The number of piperazine rings is 1. The van der Waals surface area contributed by atoms with Gasteiger partial charge in [0.2, 0.25) is 5.91 Å². The van der Waals surface area contributed by atoms with E-state index in [9.17, 15) is 14.7 Å². The van der Waals surface area contributed by atoms with E-state index in [1.54, 1.807) is 0 Å². The first-order valence-corrected chi connectivity index (χ1v) is 7.33. The van der Waals surface area contributed by atoms with Gasteiger partial charge in [0, 0.05) is 31.7 Å². The Morgan fingerprint density at radius 1 is 1.05 bits per heavy atom. The van der Waals surface area contributed by atoms with Crippen molar-refractivity contribution in [1.82, 2.24) is 9.80 Å². The maximum absolute atomic E-state index is 12.5. The lowest BCUT2D eigenvalue weighted by molar-refractivity contribution is -0.142. The number of amides is 1. The molecule has 114 valence electrons. The summed E-state index contributed by atoms with van der Waals surface area (Å²) in [6.07, 6.45) is 0. The highest BCUT2D eigenvalue weighted by molar-refractivity contribution is 5.91. The van der Waals surface area contributed by atoms with Gasteiger partial charge in [-0.25, -0.2) is 0 Å². The molecule has 20 heavy (non-hydrogen) atoms. The second-order valence-electron chi connectivity index (χ2n) is 7.60. The van der Waals surface area contributed by atoms with Gasteiger partial charge >= 0.3 is 5.97 Å². The number of carboxylic acids is 1. The summed E-state index contributed by atoms with van der Waals surface area (Å²) in [5, 5.41) is 9.18. The molecule has 1 aliphatic heterocycles. The second kappa shape index (κ2) is 4.72. The first-order valence-electron chi connectivity index (χ1n) is 7.33. The molecule has 5 nitrogen and oxygen atoms in total. The molecule has 2 fully saturated rings. The van der Waals surface area contributed by atoms with Crippen molar-refractivity contribution in [3.05, 3.63) is 0 Å². The number of carbonyl (C=O) groups excluding carboxylic acids is 1. The average Bonchev–Trinajstić information content (AvgIpc) is 2.90. The average molecular weight is 282 g/mol. The fourth-order valence-corrected chi connectivity index (χ4v) is 3.35. The Balaban J connectivity index is 1.95. The van der Waals surface area contributed by atoms with Gasteiger partial charge in [0.1, 0.15) is 0 Å². The summed E-state index contributed by atoms with van der Waals surface area (Å²) in [5.41, 5.74) is -0.276. The van der Waals surface area contributed by atoms with Gasteiger partial charge in [-0.05, 0) is 26.2 Å². The molecule has 1 saturated carbocycles. The van der Waals surface area contributed by atoms with E-state index in [4.69, 9.17) is 0 Å². The largest absolute Gasteiger partial charge is 0.481 e. The molecule has 0 aromatic rings. The Labute approximate surface area is 120 Å². The smallest absolute Gasteiger partial charge is 0.307 e. The third kappa shape index (κ3) is 2.55. The molecule has 2 rings (SSSR count). The predicted octanol–water partition coefficient (Wildman–Crippen LogP) is 1.29.